The first kappa shape index (κ1) is 13.4. The third-order valence-corrected chi connectivity index (χ3v) is 1.77. The predicted molar refractivity (Wildman–Crippen MR) is 54.1 cm³/mol. The Morgan fingerprint density at radius 2 is 2.21 bits per heavy atom. The maximum atomic E-state index is 11.2. The number of carbonyl (C=O) groups is 1. The van der Waals surface area contributed by atoms with Crippen LogP contribution in [0.15, 0.2) is 0 Å². The highest BCUT2D eigenvalue weighted by Gasteiger charge is 2.08. The maximum Gasteiger partial charge on any atom is 0.234 e. The van der Waals surface area contributed by atoms with E-state index in [1.165, 1.54) is 0 Å². The molecule has 0 fully saturated rings. The van der Waals surface area contributed by atoms with Crippen molar-refractivity contribution in [3.8, 4) is 0 Å². The molecule has 14 heavy (non-hydrogen) atoms. The van der Waals surface area contributed by atoms with Crippen LogP contribution in [0.4, 0.5) is 0 Å². The number of amides is 1. The molecule has 0 unspecified atom stereocenters. The van der Waals surface area contributed by atoms with Gasteiger partial charge in [0.25, 0.3) is 0 Å². The van der Waals surface area contributed by atoms with Gasteiger partial charge in [-0.3, -0.25) is 9.69 Å². The number of nitrogens with one attached hydrogen (secondary N) is 1. The first-order valence-corrected chi connectivity index (χ1v) is 4.83. The van der Waals surface area contributed by atoms with E-state index in [0.29, 0.717) is 32.8 Å². The van der Waals surface area contributed by atoms with Crippen molar-refractivity contribution in [2.24, 2.45) is 0 Å². The van der Waals surface area contributed by atoms with Crippen LogP contribution < -0.4 is 5.32 Å². The Morgan fingerprint density at radius 1 is 1.50 bits per heavy atom. The summed E-state index contributed by atoms with van der Waals surface area (Å²) >= 11 is 0. The molecule has 0 bridgehead atoms. The van der Waals surface area contributed by atoms with E-state index in [4.69, 9.17) is 9.84 Å². The lowest BCUT2D eigenvalue weighted by atomic mass is 10.4. The minimum absolute atomic E-state index is 0.0166. The molecule has 0 aromatic rings. The largest absolute Gasteiger partial charge is 0.395 e. The molecule has 0 aliphatic heterocycles. The topological polar surface area (TPSA) is 61.8 Å². The Hall–Kier alpha value is -0.650. The molecule has 1 amide bonds. The molecule has 5 heteroatoms. The molecule has 0 aliphatic carbocycles. The van der Waals surface area contributed by atoms with Crippen LogP contribution in [0.3, 0.4) is 0 Å². The Bertz CT molecular complexity index is 153. The maximum absolute atomic E-state index is 11.2. The van der Waals surface area contributed by atoms with Crippen LogP contribution in [0, 0.1) is 0 Å². The Labute approximate surface area is 85.0 Å². The number of ether oxygens (including phenoxy) is 1. The summed E-state index contributed by atoms with van der Waals surface area (Å²) in [6.45, 7) is 4.62. The van der Waals surface area contributed by atoms with E-state index in [9.17, 15) is 4.79 Å². The Balaban J connectivity index is 3.75. The molecule has 0 saturated heterocycles. The fourth-order valence-corrected chi connectivity index (χ4v) is 1.09. The summed E-state index contributed by atoms with van der Waals surface area (Å²) in [4.78, 5) is 13.1. The van der Waals surface area contributed by atoms with Crippen molar-refractivity contribution in [1.29, 1.82) is 0 Å². The molecular formula is C9H20N2O3. The van der Waals surface area contributed by atoms with E-state index in [0.717, 1.165) is 0 Å². The lowest BCUT2D eigenvalue weighted by molar-refractivity contribution is -0.122. The molecule has 0 heterocycles. The molecule has 0 aliphatic rings. The summed E-state index contributed by atoms with van der Waals surface area (Å²) in [5, 5.41) is 11.5. The van der Waals surface area contributed by atoms with Crippen LogP contribution in [0.2, 0.25) is 0 Å². The van der Waals surface area contributed by atoms with Gasteiger partial charge in [-0.1, -0.05) is 0 Å². The third-order valence-electron chi connectivity index (χ3n) is 1.77. The molecule has 5 nitrogen and oxygen atoms in total. The summed E-state index contributed by atoms with van der Waals surface area (Å²) in [5.41, 5.74) is 0. The van der Waals surface area contributed by atoms with Gasteiger partial charge >= 0.3 is 0 Å². The predicted octanol–water partition coefficient (Wildman–Crippen LogP) is -0.937. The van der Waals surface area contributed by atoms with Gasteiger partial charge in [0.1, 0.15) is 0 Å². The van der Waals surface area contributed by atoms with Crippen LogP contribution in [-0.4, -0.2) is 62.4 Å². The fraction of sp³-hybridized carbons (Fsp3) is 0.889. The standard InChI is InChI=1S/C9H20N2O3/c1-3-10-9(13)8-11(4-6-12)5-7-14-2/h12H,3-8H2,1-2H3,(H,10,13). The molecule has 0 aromatic heterocycles. The summed E-state index contributed by atoms with van der Waals surface area (Å²) < 4.78 is 4.91. The zero-order valence-electron chi connectivity index (χ0n) is 8.95. The Kier molecular flexibility index (Phi) is 8.51. The van der Waals surface area contributed by atoms with Crippen molar-refractivity contribution >= 4 is 5.91 Å². The number of rotatable bonds is 8. The molecule has 0 aromatic carbocycles. The van der Waals surface area contributed by atoms with Crippen molar-refractivity contribution in [1.82, 2.24) is 10.2 Å². The quantitative estimate of drug-likeness (QED) is 0.536. The molecule has 0 radical (unpaired) electrons. The molecule has 0 spiro atoms. The van der Waals surface area contributed by atoms with Crippen molar-refractivity contribution in [2.45, 2.75) is 6.92 Å². The second-order valence-electron chi connectivity index (χ2n) is 2.95. The summed E-state index contributed by atoms with van der Waals surface area (Å²) in [6.07, 6.45) is 0. The molecule has 0 rings (SSSR count). The van der Waals surface area contributed by atoms with Crippen LogP contribution in [-0.2, 0) is 9.53 Å². The average Bonchev–Trinajstić information content (AvgIpc) is 2.15. The molecule has 84 valence electrons. The minimum Gasteiger partial charge on any atom is -0.395 e. The normalized spacial score (nSPS) is 10.6. The average molecular weight is 204 g/mol. The highest BCUT2D eigenvalue weighted by atomic mass is 16.5. The van der Waals surface area contributed by atoms with Crippen molar-refractivity contribution in [3.63, 3.8) is 0 Å². The van der Waals surface area contributed by atoms with Crippen molar-refractivity contribution in [2.75, 3.05) is 46.5 Å². The second kappa shape index (κ2) is 8.93. The van der Waals surface area contributed by atoms with Gasteiger partial charge in [-0.2, -0.15) is 0 Å². The zero-order valence-corrected chi connectivity index (χ0v) is 8.95. The molecule has 0 atom stereocenters. The third kappa shape index (κ3) is 6.82. The second-order valence-corrected chi connectivity index (χ2v) is 2.95. The SMILES string of the molecule is CCNC(=O)CN(CCO)CCOC. The highest BCUT2D eigenvalue weighted by Crippen LogP contribution is 1.87. The number of hydrogen-bond donors (Lipinski definition) is 2. The number of aliphatic hydroxyl groups is 1. The van der Waals surface area contributed by atoms with Crippen molar-refractivity contribution < 1.29 is 14.6 Å². The first-order chi connectivity index (χ1) is 6.74. The van der Waals surface area contributed by atoms with Gasteiger partial charge in [0, 0.05) is 26.7 Å². The van der Waals surface area contributed by atoms with Crippen LogP contribution in [0.25, 0.3) is 0 Å². The van der Waals surface area contributed by atoms with Gasteiger partial charge in [0.05, 0.1) is 19.8 Å². The van der Waals surface area contributed by atoms with Gasteiger partial charge < -0.3 is 15.2 Å². The van der Waals surface area contributed by atoms with E-state index in [-0.39, 0.29) is 12.5 Å². The minimum atomic E-state index is -0.0166. The highest BCUT2D eigenvalue weighted by molar-refractivity contribution is 5.77. The summed E-state index contributed by atoms with van der Waals surface area (Å²) in [5.74, 6) is -0.0166. The van der Waals surface area contributed by atoms with Gasteiger partial charge in [0.2, 0.25) is 5.91 Å². The number of aliphatic hydroxyl groups excluding tert-OH is 1. The van der Waals surface area contributed by atoms with Crippen LogP contribution in [0.5, 0.6) is 0 Å². The fourth-order valence-electron chi connectivity index (χ4n) is 1.09. The van der Waals surface area contributed by atoms with Gasteiger partial charge in [0.15, 0.2) is 0 Å². The van der Waals surface area contributed by atoms with E-state index >= 15 is 0 Å². The van der Waals surface area contributed by atoms with Crippen LogP contribution in [0.1, 0.15) is 6.92 Å². The van der Waals surface area contributed by atoms with Gasteiger partial charge in [-0.25, -0.2) is 0 Å². The molecular weight excluding hydrogens is 184 g/mol. The van der Waals surface area contributed by atoms with E-state index in [2.05, 4.69) is 5.32 Å². The molecule has 0 saturated carbocycles. The van der Waals surface area contributed by atoms with Gasteiger partial charge in [-0.05, 0) is 6.92 Å². The van der Waals surface area contributed by atoms with E-state index in [1.54, 1.807) is 7.11 Å². The zero-order chi connectivity index (χ0) is 10.8. The number of likely N-dealkylation sites (N-methyl/N-ethyl adjacent to an activating group) is 1. The summed E-state index contributed by atoms with van der Waals surface area (Å²) in [7, 11) is 1.61. The lowest BCUT2D eigenvalue weighted by Gasteiger charge is -2.19. The van der Waals surface area contributed by atoms with E-state index in [1.807, 2.05) is 11.8 Å². The van der Waals surface area contributed by atoms with Crippen molar-refractivity contribution in [3.05, 3.63) is 0 Å². The number of nitrogens with zero attached hydrogens (tertiary/aromatic N) is 1. The monoisotopic (exact) mass is 204 g/mol. The summed E-state index contributed by atoms with van der Waals surface area (Å²) in [6, 6.07) is 0. The Morgan fingerprint density at radius 3 is 2.71 bits per heavy atom. The first-order valence-electron chi connectivity index (χ1n) is 4.83. The number of carbonyl (C=O) groups excluding carboxylic acids is 1. The number of hydrogen-bond acceptors (Lipinski definition) is 4. The van der Waals surface area contributed by atoms with Crippen LogP contribution >= 0.6 is 0 Å². The van der Waals surface area contributed by atoms with Gasteiger partial charge in [-0.15, -0.1) is 0 Å². The lowest BCUT2D eigenvalue weighted by Crippen LogP contribution is -2.40. The van der Waals surface area contributed by atoms with E-state index < -0.39 is 0 Å². The number of methoxy groups -OCH3 is 1. The molecule has 2 N–H and O–H groups in total. The smallest absolute Gasteiger partial charge is 0.234 e.